The molecule has 7 heteroatoms. The van der Waals surface area contributed by atoms with Gasteiger partial charge in [-0.15, -0.1) is 0 Å². The molecule has 0 aliphatic carbocycles. The van der Waals surface area contributed by atoms with Crippen molar-refractivity contribution in [3.8, 4) is 0 Å². The van der Waals surface area contributed by atoms with E-state index in [0.717, 1.165) is 17.0 Å². The molecular formula is C19H16ClFN2O3. The number of aromatic nitrogens is 1. The van der Waals surface area contributed by atoms with Gasteiger partial charge in [-0.3, -0.25) is 9.59 Å². The molecule has 0 bridgehead atoms. The summed E-state index contributed by atoms with van der Waals surface area (Å²) < 4.78 is 19.1. The molecule has 2 aromatic carbocycles. The van der Waals surface area contributed by atoms with Gasteiger partial charge < -0.3 is 15.0 Å². The van der Waals surface area contributed by atoms with Gasteiger partial charge in [0.1, 0.15) is 5.82 Å². The number of amides is 1. The molecule has 0 unspecified atom stereocenters. The van der Waals surface area contributed by atoms with E-state index in [1.54, 1.807) is 13.1 Å². The van der Waals surface area contributed by atoms with Crippen molar-refractivity contribution in [2.24, 2.45) is 0 Å². The molecule has 0 atom stereocenters. The van der Waals surface area contributed by atoms with Crippen LogP contribution < -0.4 is 5.32 Å². The van der Waals surface area contributed by atoms with Crippen molar-refractivity contribution in [2.75, 3.05) is 11.9 Å². The number of ether oxygens (including phenoxy) is 1. The molecule has 0 fully saturated rings. The van der Waals surface area contributed by atoms with Gasteiger partial charge in [-0.2, -0.15) is 0 Å². The predicted octanol–water partition coefficient (Wildman–Crippen LogP) is 4.32. The first-order valence-electron chi connectivity index (χ1n) is 8.00. The molecule has 3 aromatic rings. The number of esters is 1. The first-order valence-corrected chi connectivity index (χ1v) is 8.38. The summed E-state index contributed by atoms with van der Waals surface area (Å²) in [6.45, 7) is 1.89. The molecule has 1 amide bonds. The Morgan fingerprint density at radius 2 is 2.04 bits per heavy atom. The van der Waals surface area contributed by atoms with Crippen LogP contribution in [0.15, 0.2) is 42.6 Å². The fourth-order valence-corrected chi connectivity index (χ4v) is 2.87. The molecular weight excluding hydrogens is 359 g/mol. The lowest BCUT2D eigenvalue weighted by Gasteiger charge is -2.10. The number of para-hydroxylation sites is 1. The Balaban J connectivity index is 1.82. The smallest absolute Gasteiger partial charge is 0.310 e. The molecule has 0 radical (unpaired) electrons. The number of fused-ring (bicyclic) bond motifs is 1. The van der Waals surface area contributed by atoms with Crippen molar-refractivity contribution in [3.05, 3.63) is 64.6 Å². The number of benzene rings is 2. The zero-order chi connectivity index (χ0) is 18.7. The van der Waals surface area contributed by atoms with E-state index >= 15 is 0 Å². The fourth-order valence-electron chi connectivity index (χ4n) is 2.64. The molecule has 0 aliphatic rings. The summed E-state index contributed by atoms with van der Waals surface area (Å²) >= 11 is 6.14. The highest BCUT2D eigenvalue weighted by Gasteiger charge is 2.17. The predicted molar refractivity (Wildman–Crippen MR) is 98.0 cm³/mol. The highest BCUT2D eigenvalue weighted by molar-refractivity contribution is 6.34. The Bertz CT molecular complexity index is 984. The highest BCUT2D eigenvalue weighted by atomic mass is 35.5. The molecule has 1 aromatic heterocycles. The van der Waals surface area contributed by atoms with Crippen LogP contribution in [0.2, 0.25) is 5.02 Å². The third-order valence-corrected chi connectivity index (χ3v) is 4.17. The van der Waals surface area contributed by atoms with E-state index in [1.807, 2.05) is 24.3 Å². The number of rotatable bonds is 5. The third-order valence-electron chi connectivity index (χ3n) is 3.86. The molecule has 0 aliphatic heterocycles. The van der Waals surface area contributed by atoms with Crippen molar-refractivity contribution < 1.29 is 18.7 Å². The van der Waals surface area contributed by atoms with Crippen LogP contribution in [0.25, 0.3) is 10.9 Å². The lowest BCUT2D eigenvalue weighted by atomic mass is 10.1. The fraction of sp³-hybridized carbons (Fsp3) is 0.158. The molecule has 0 saturated carbocycles. The van der Waals surface area contributed by atoms with Crippen molar-refractivity contribution in [2.45, 2.75) is 13.3 Å². The highest BCUT2D eigenvalue weighted by Crippen LogP contribution is 2.27. The molecule has 3 rings (SSSR count). The monoisotopic (exact) mass is 374 g/mol. The van der Waals surface area contributed by atoms with Gasteiger partial charge >= 0.3 is 5.97 Å². The Labute approximate surface area is 154 Å². The van der Waals surface area contributed by atoms with E-state index in [-0.39, 0.29) is 29.3 Å². The number of hydrogen-bond acceptors (Lipinski definition) is 3. The van der Waals surface area contributed by atoms with Crippen LogP contribution in [-0.2, 0) is 16.0 Å². The minimum absolute atomic E-state index is 0.110. The molecule has 0 saturated heterocycles. The standard InChI is InChI=1S/C19H16ClFN2O3/c1-2-26-18(24)8-11-7-14(20)17(9-15(11)21)23-19(25)13-10-22-16-6-4-3-5-12(13)16/h3-7,9-10,22H,2,8H2,1H3,(H,23,25). The Morgan fingerprint density at radius 1 is 1.27 bits per heavy atom. The minimum Gasteiger partial charge on any atom is -0.466 e. The number of aromatic amines is 1. The van der Waals surface area contributed by atoms with Crippen LogP contribution in [0.5, 0.6) is 0 Å². The minimum atomic E-state index is -0.642. The average Bonchev–Trinajstić information content (AvgIpc) is 3.03. The zero-order valence-corrected chi connectivity index (χ0v) is 14.7. The number of carbonyl (C=O) groups excluding carboxylic acids is 2. The number of hydrogen-bond donors (Lipinski definition) is 2. The van der Waals surface area contributed by atoms with Gasteiger partial charge in [-0.1, -0.05) is 29.8 Å². The van der Waals surface area contributed by atoms with Crippen LogP contribution in [0.1, 0.15) is 22.8 Å². The van der Waals surface area contributed by atoms with Crippen LogP contribution in [-0.4, -0.2) is 23.5 Å². The summed E-state index contributed by atoms with van der Waals surface area (Å²) in [6.07, 6.45) is 1.36. The van der Waals surface area contributed by atoms with Crippen LogP contribution in [0.4, 0.5) is 10.1 Å². The lowest BCUT2D eigenvalue weighted by Crippen LogP contribution is -2.13. The van der Waals surface area contributed by atoms with E-state index in [1.165, 1.54) is 6.07 Å². The molecule has 0 spiro atoms. The van der Waals surface area contributed by atoms with Gasteiger partial charge in [0, 0.05) is 22.7 Å². The van der Waals surface area contributed by atoms with Crippen LogP contribution in [0, 0.1) is 5.82 Å². The third kappa shape index (κ3) is 3.70. The van der Waals surface area contributed by atoms with E-state index in [4.69, 9.17) is 16.3 Å². The SMILES string of the molecule is CCOC(=O)Cc1cc(Cl)c(NC(=O)c2c[nH]c3ccccc23)cc1F. The van der Waals surface area contributed by atoms with Gasteiger partial charge in [-0.25, -0.2) is 4.39 Å². The van der Waals surface area contributed by atoms with Gasteiger partial charge in [0.05, 0.1) is 29.3 Å². The Morgan fingerprint density at radius 3 is 2.81 bits per heavy atom. The summed E-state index contributed by atoms with van der Waals surface area (Å²) in [5.41, 5.74) is 1.48. The largest absolute Gasteiger partial charge is 0.466 e. The number of nitrogens with one attached hydrogen (secondary N) is 2. The van der Waals surface area contributed by atoms with Gasteiger partial charge in [0.15, 0.2) is 0 Å². The molecule has 1 heterocycles. The maximum atomic E-state index is 14.3. The van der Waals surface area contributed by atoms with Crippen LogP contribution >= 0.6 is 11.6 Å². The Hall–Kier alpha value is -2.86. The number of H-pyrrole nitrogens is 1. The van der Waals surface area contributed by atoms with Crippen LogP contribution in [0.3, 0.4) is 0 Å². The van der Waals surface area contributed by atoms with Crippen molar-refractivity contribution in [3.63, 3.8) is 0 Å². The number of anilines is 1. The number of halogens is 2. The molecule has 134 valence electrons. The summed E-state index contributed by atoms with van der Waals surface area (Å²) in [5, 5.41) is 3.49. The second kappa shape index (κ2) is 7.58. The van der Waals surface area contributed by atoms with E-state index in [2.05, 4.69) is 10.3 Å². The first-order chi connectivity index (χ1) is 12.5. The topological polar surface area (TPSA) is 71.2 Å². The summed E-state index contributed by atoms with van der Waals surface area (Å²) in [6, 6.07) is 9.76. The molecule has 2 N–H and O–H groups in total. The quantitative estimate of drug-likeness (QED) is 0.653. The lowest BCUT2D eigenvalue weighted by molar-refractivity contribution is -0.142. The molecule has 5 nitrogen and oxygen atoms in total. The second-order valence-electron chi connectivity index (χ2n) is 5.61. The van der Waals surface area contributed by atoms with Gasteiger partial charge in [0.2, 0.25) is 0 Å². The number of carbonyl (C=O) groups is 2. The van der Waals surface area contributed by atoms with E-state index in [0.29, 0.717) is 5.56 Å². The summed E-state index contributed by atoms with van der Waals surface area (Å²) in [7, 11) is 0. The van der Waals surface area contributed by atoms with Crippen molar-refractivity contribution in [1.82, 2.24) is 4.98 Å². The van der Waals surface area contributed by atoms with Gasteiger partial charge in [-0.05, 0) is 25.1 Å². The van der Waals surface area contributed by atoms with E-state index in [9.17, 15) is 14.0 Å². The average molecular weight is 375 g/mol. The zero-order valence-electron chi connectivity index (χ0n) is 13.9. The maximum Gasteiger partial charge on any atom is 0.310 e. The second-order valence-corrected chi connectivity index (χ2v) is 6.01. The van der Waals surface area contributed by atoms with Gasteiger partial charge in [0.25, 0.3) is 5.91 Å². The maximum absolute atomic E-state index is 14.3. The van der Waals surface area contributed by atoms with Crippen molar-refractivity contribution >= 4 is 40.1 Å². The normalized spacial score (nSPS) is 10.7. The summed E-state index contributed by atoms with van der Waals surface area (Å²) in [4.78, 5) is 27.0. The van der Waals surface area contributed by atoms with E-state index < -0.39 is 17.7 Å². The van der Waals surface area contributed by atoms with Crippen molar-refractivity contribution in [1.29, 1.82) is 0 Å². The Kier molecular flexibility index (Phi) is 5.23. The molecule has 26 heavy (non-hydrogen) atoms. The summed E-state index contributed by atoms with van der Waals surface area (Å²) in [5.74, 6) is -1.60. The first kappa shape index (κ1) is 17.9.